The second kappa shape index (κ2) is 8.97. The van der Waals surface area contributed by atoms with Crippen molar-refractivity contribution in [3.05, 3.63) is 65.0 Å². The minimum atomic E-state index is -0.848. The van der Waals surface area contributed by atoms with Gasteiger partial charge < -0.3 is 9.84 Å². The molecule has 0 bridgehead atoms. The van der Waals surface area contributed by atoms with Crippen LogP contribution in [0.2, 0.25) is 0 Å². The maximum atomic E-state index is 11.4. The van der Waals surface area contributed by atoms with Crippen molar-refractivity contribution < 1.29 is 19.4 Å². The number of benzene rings is 1. The van der Waals surface area contributed by atoms with Gasteiger partial charge in [0.1, 0.15) is 0 Å². The van der Waals surface area contributed by atoms with E-state index in [0.717, 1.165) is 22.3 Å². The Bertz CT molecular complexity index is 728. The quantitative estimate of drug-likeness (QED) is 0.745. The predicted molar refractivity (Wildman–Crippen MR) is 94.5 cm³/mol. The van der Waals surface area contributed by atoms with E-state index < -0.39 is 11.9 Å². The number of methoxy groups -OCH3 is 1. The lowest BCUT2D eigenvalue weighted by Crippen LogP contribution is -2.09. The minimum Gasteiger partial charge on any atom is -0.481 e. The van der Waals surface area contributed by atoms with Crippen LogP contribution in [-0.4, -0.2) is 29.1 Å². The molecule has 1 atom stereocenters. The van der Waals surface area contributed by atoms with Crippen LogP contribution in [0, 0.1) is 0 Å². The fourth-order valence-electron chi connectivity index (χ4n) is 2.71. The zero-order valence-electron chi connectivity index (χ0n) is 14.6. The first-order chi connectivity index (χ1) is 12.0. The normalized spacial score (nSPS) is 11.8. The van der Waals surface area contributed by atoms with Crippen LogP contribution in [0.15, 0.2) is 42.7 Å². The lowest BCUT2D eigenvalue weighted by molar-refractivity contribution is -0.141. The molecule has 0 saturated carbocycles. The molecule has 0 radical (unpaired) electrons. The van der Waals surface area contributed by atoms with Crippen molar-refractivity contribution in [1.82, 2.24) is 4.98 Å². The number of aryl methyl sites for hydroxylation is 1. The fourth-order valence-corrected chi connectivity index (χ4v) is 2.71. The van der Waals surface area contributed by atoms with Gasteiger partial charge in [-0.05, 0) is 54.5 Å². The second-order valence-corrected chi connectivity index (χ2v) is 6.11. The van der Waals surface area contributed by atoms with Crippen LogP contribution in [0.5, 0.6) is 0 Å². The SMILES string of the molecule is COC(=O)CCCc1cc(Cc2cccnc2)cc(C(C)C(=O)O)c1. The van der Waals surface area contributed by atoms with Crippen LogP contribution in [0.4, 0.5) is 0 Å². The molecular formula is C20H23NO4. The Balaban J connectivity index is 2.22. The summed E-state index contributed by atoms with van der Waals surface area (Å²) in [6, 6.07) is 9.81. The van der Waals surface area contributed by atoms with Gasteiger partial charge in [0.2, 0.25) is 0 Å². The number of aromatic nitrogens is 1. The minimum absolute atomic E-state index is 0.231. The van der Waals surface area contributed by atoms with E-state index in [0.29, 0.717) is 25.7 Å². The Labute approximate surface area is 147 Å². The van der Waals surface area contributed by atoms with Crippen molar-refractivity contribution >= 4 is 11.9 Å². The number of ether oxygens (including phenoxy) is 1. The van der Waals surface area contributed by atoms with Gasteiger partial charge in [-0.2, -0.15) is 0 Å². The molecule has 0 saturated heterocycles. The molecule has 0 amide bonds. The summed E-state index contributed by atoms with van der Waals surface area (Å²) >= 11 is 0. The van der Waals surface area contributed by atoms with Gasteiger partial charge in [0, 0.05) is 18.8 Å². The highest BCUT2D eigenvalue weighted by Crippen LogP contribution is 2.22. The Morgan fingerprint density at radius 1 is 1.20 bits per heavy atom. The summed E-state index contributed by atoms with van der Waals surface area (Å²) in [6.07, 6.45) is 5.96. The van der Waals surface area contributed by atoms with Crippen LogP contribution in [-0.2, 0) is 27.2 Å². The summed E-state index contributed by atoms with van der Waals surface area (Å²) in [5, 5.41) is 9.32. The van der Waals surface area contributed by atoms with Gasteiger partial charge in [-0.25, -0.2) is 0 Å². The number of pyridine rings is 1. The van der Waals surface area contributed by atoms with E-state index in [-0.39, 0.29) is 5.97 Å². The molecule has 1 heterocycles. The van der Waals surface area contributed by atoms with Gasteiger partial charge in [0.15, 0.2) is 0 Å². The topological polar surface area (TPSA) is 76.5 Å². The highest BCUT2D eigenvalue weighted by Gasteiger charge is 2.15. The van der Waals surface area contributed by atoms with Gasteiger partial charge in [0.25, 0.3) is 0 Å². The summed E-state index contributed by atoms with van der Waals surface area (Å²) < 4.78 is 4.66. The van der Waals surface area contributed by atoms with E-state index in [1.165, 1.54) is 7.11 Å². The molecule has 1 aromatic heterocycles. The molecule has 25 heavy (non-hydrogen) atoms. The molecule has 132 valence electrons. The molecule has 1 unspecified atom stereocenters. The number of carbonyl (C=O) groups is 2. The molecule has 1 N–H and O–H groups in total. The van der Waals surface area contributed by atoms with E-state index in [2.05, 4.69) is 15.8 Å². The number of carbonyl (C=O) groups excluding carboxylic acids is 1. The van der Waals surface area contributed by atoms with Gasteiger partial charge in [-0.1, -0.05) is 24.3 Å². The number of rotatable bonds is 8. The molecule has 0 aliphatic rings. The first-order valence-corrected chi connectivity index (χ1v) is 8.31. The van der Waals surface area contributed by atoms with Crippen molar-refractivity contribution in [2.24, 2.45) is 0 Å². The predicted octanol–water partition coefficient (Wildman–Crippen LogP) is 3.36. The van der Waals surface area contributed by atoms with Crippen molar-refractivity contribution in [2.45, 2.75) is 38.5 Å². The largest absolute Gasteiger partial charge is 0.481 e. The van der Waals surface area contributed by atoms with Crippen LogP contribution >= 0.6 is 0 Å². The van der Waals surface area contributed by atoms with Crippen molar-refractivity contribution in [3.8, 4) is 0 Å². The molecule has 5 heteroatoms. The number of hydrogen-bond donors (Lipinski definition) is 1. The van der Waals surface area contributed by atoms with Gasteiger partial charge >= 0.3 is 11.9 Å². The van der Waals surface area contributed by atoms with Crippen molar-refractivity contribution in [3.63, 3.8) is 0 Å². The number of carboxylic acids is 1. The summed E-state index contributed by atoms with van der Waals surface area (Å²) in [5.41, 5.74) is 3.94. The fraction of sp³-hybridized carbons (Fsp3) is 0.350. The van der Waals surface area contributed by atoms with E-state index in [1.807, 2.05) is 30.5 Å². The molecule has 0 spiro atoms. The average Bonchev–Trinajstić information content (AvgIpc) is 2.61. The number of carboxylic acid groups (broad SMARTS) is 1. The summed E-state index contributed by atoms with van der Waals surface area (Å²) in [5.74, 6) is -1.65. The highest BCUT2D eigenvalue weighted by atomic mass is 16.5. The van der Waals surface area contributed by atoms with E-state index >= 15 is 0 Å². The molecule has 0 aliphatic carbocycles. The second-order valence-electron chi connectivity index (χ2n) is 6.11. The third-order valence-corrected chi connectivity index (χ3v) is 4.15. The summed E-state index contributed by atoms with van der Waals surface area (Å²) in [6.45, 7) is 1.68. The van der Waals surface area contributed by atoms with Crippen LogP contribution in [0.3, 0.4) is 0 Å². The Hall–Kier alpha value is -2.69. The zero-order valence-corrected chi connectivity index (χ0v) is 14.6. The Morgan fingerprint density at radius 3 is 2.60 bits per heavy atom. The summed E-state index contributed by atoms with van der Waals surface area (Å²) in [7, 11) is 1.38. The van der Waals surface area contributed by atoms with Crippen molar-refractivity contribution in [2.75, 3.05) is 7.11 Å². The maximum Gasteiger partial charge on any atom is 0.310 e. The van der Waals surface area contributed by atoms with Crippen molar-refractivity contribution in [1.29, 1.82) is 0 Å². The molecule has 5 nitrogen and oxygen atoms in total. The lowest BCUT2D eigenvalue weighted by Gasteiger charge is -2.13. The van der Waals surface area contributed by atoms with E-state index in [4.69, 9.17) is 0 Å². The maximum absolute atomic E-state index is 11.4. The van der Waals surface area contributed by atoms with Crippen LogP contribution < -0.4 is 0 Å². The molecule has 2 rings (SSSR count). The number of nitrogens with zero attached hydrogens (tertiary/aromatic N) is 1. The number of esters is 1. The molecule has 2 aromatic rings. The first kappa shape index (κ1) is 18.6. The van der Waals surface area contributed by atoms with Gasteiger partial charge in [0.05, 0.1) is 13.0 Å². The average molecular weight is 341 g/mol. The van der Waals surface area contributed by atoms with E-state index in [9.17, 15) is 14.7 Å². The third-order valence-electron chi connectivity index (χ3n) is 4.15. The monoisotopic (exact) mass is 341 g/mol. The molecule has 0 fully saturated rings. The lowest BCUT2D eigenvalue weighted by atomic mass is 9.92. The Kier molecular flexibility index (Phi) is 6.69. The zero-order chi connectivity index (χ0) is 18.2. The van der Waals surface area contributed by atoms with Crippen LogP contribution in [0.25, 0.3) is 0 Å². The van der Waals surface area contributed by atoms with E-state index in [1.54, 1.807) is 13.1 Å². The number of hydrogen-bond acceptors (Lipinski definition) is 4. The smallest absolute Gasteiger partial charge is 0.310 e. The standard InChI is InChI=1S/C20H23NO4/c1-14(20(23)24)18-11-15(5-3-7-19(22)25-2)9-17(12-18)10-16-6-4-8-21-13-16/h4,6,8-9,11-14H,3,5,7,10H2,1-2H3,(H,23,24). The highest BCUT2D eigenvalue weighted by molar-refractivity contribution is 5.75. The van der Waals surface area contributed by atoms with Crippen LogP contribution in [0.1, 0.15) is 47.9 Å². The van der Waals surface area contributed by atoms with Gasteiger partial charge in [-0.15, -0.1) is 0 Å². The molecular weight excluding hydrogens is 318 g/mol. The first-order valence-electron chi connectivity index (χ1n) is 8.31. The molecule has 1 aromatic carbocycles. The Morgan fingerprint density at radius 2 is 1.96 bits per heavy atom. The summed E-state index contributed by atoms with van der Waals surface area (Å²) in [4.78, 5) is 26.7. The number of aliphatic carboxylic acids is 1. The third kappa shape index (κ3) is 5.71. The van der Waals surface area contributed by atoms with Gasteiger partial charge in [-0.3, -0.25) is 14.6 Å². The molecule has 0 aliphatic heterocycles.